The van der Waals surface area contributed by atoms with Gasteiger partial charge in [-0.25, -0.2) is 0 Å². The maximum atomic E-state index is 6.87. The third-order valence-corrected chi connectivity index (χ3v) is 14.0. The van der Waals surface area contributed by atoms with Crippen LogP contribution < -0.4 is 9.47 Å². The average molecular weight is 1040 g/mol. The zero-order chi connectivity index (χ0) is 45.3. The number of imidazole rings is 1. The van der Waals surface area contributed by atoms with Gasteiger partial charge in [0.15, 0.2) is 0 Å². The topological polar surface area (TPSA) is 46.1 Å². The monoisotopic (exact) mass is 1040 g/mol. The number of para-hydroxylation sites is 2. The Morgan fingerprint density at radius 3 is 1.86 bits per heavy atom. The van der Waals surface area contributed by atoms with Gasteiger partial charge in [-0.1, -0.05) is 20.8 Å². The summed E-state index contributed by atoms with van der Waals surface area (Å²) < 4.78 is 21.2. The molecule has 0 N–H and O–H groups in total. The second-order valence-corrected chi connectivity index (χ2v) is 20.5. The normalized spacial score (nSPS) is 13.0. The number of ether oxygens (including phenoxy) is 2. The summed E-state index contributed by atoms with van der Waals surface area (Å²) in [6.45, 7) is 14.4. The van der Waals surface area contributed by atoms with Crippen LogP contribution >= 0.6 is 0 Å². The van der Waals surface area contributed by atoms with Gasteiger partial charge in [-0.3, -0.25) is 0 Å². The van der Waals surface area contributed by atoms with Gasteiger partial charge in [0.2, 0.25) is 0 Å². The van der Waals surface area contributed by atoms with Crippen LogP contribution in [0.3, 0.4) is 0 Å². The van der Waals surface area contributed by atoms with E-state index in [-0.39, 0.29) is 10.8 Å². The molecule has 0 aliphatic carbocycles. The summed E-state index contributed by atoms with van der Waals surface area (Å²) in [5.41, 5.74) is 14.9. The third-order valence-electron chi connectivity index (χ3n) is 13.0. The smallest absolute Gasteiger partial charge is 0.493 e. The minimum atomic E-state index is -0.0677. The van der Waals surface area contributed by atoms with Gasteiger partial charge in [-0.2, -0.15) is 0 Å². The number of rotatable bonds is 7. The summed E-state index contributed by atoms with van der Waals surface area (Å²) in [6.07, 6.45) is 3.96. The molecule has 0 bridgehead atoms. The Bertz CT molecular complexity index is 3490. The number of pyridine rings is 1. The minimum Gasteiger partial charge on any atom is -0.493 e. The molecule has 0 atom stereocenters. The first-order valence-electron chi connectivity index (χ1n) is 22.9. The summed E-state index contributed by atoms with van der Waals surface area (Å²) >= 11 is 2.52. The number of benzene rings is 7. The quantitative estimate of drug-likeness (QED) is 0.160. The standard InChI is InChI=1S/C59H52N4O2.Pt/c1-58(2,3)42-28-29-60-56(34-42)63-53-36-46(26-27-47(53)50-31-41-21-16-30-64-55(41)37-54(50)63)65-45-23-15-22-44(35-45)61-38-62(52-25-14-13-24-51(52)61)57-48(39-17-9-7-10-18-39)32-43(59(4,5)6)33-49(57)40-19-11-8-12-20-40;/h7-15,17-20,22-29,31-37H,16,21,30H2,1-6H3;. The van der Waals surface area contributed by atoms with Gasteiger partial charge in [0.1, 0.15) is 5.75 Å². The molecule has 0 saturated heterocycles. The third kappa shape index (κ3) is 7.42. The fourth-order valence-corrected chi connectivity index (χ4v) is 10.6. The number of fused-ring (bicyclic) bond motifs is 5. The SMILES string of the molecule is CC(C)(C)c1ccnc(-n2c3cc(Oc4cccc(-n5[c](=[Pt])n(-c6c(-c7ccccc7)cc(C(C)(C)C)cc6-c6ccccc6)c6ccccc65)c4)ccc3c3cc4c(cc32)OCCC4)c1. The molecule has 0 radical (unpaired) electrons. The molecule has 0 unspecified atom stereocenters. The van der Waals surface area contributed by atoms with E-state index in [1.165, 1.54) is 44.3 Å². The molecule has 0 fully saturated rings. The number of nitrogens with zero attached hydrogens (tertiary/aromatic N) is 4. The van der Waals surface area contributed by atoms with Crippen LogP contribution in [-0.2, 0) is 36.6 Å². The van der Waals surface area contributed by atoms with Gasteiger partial charge >= 0.3 is 320 Å². The van der Waals surface area contributed by atoms with Gasteiger partial charge in [0, 0.05) is 6.20 Å². The summed E-state index contributed by atoms with van der Waals surface area (Å²) in [5.74, 6) is 3.33. The molecule has 7 heteroatoms. The first-order valence-corrected chi connectivity index (χ1v) is 24.0. The Morgan fingerprint density at radius 1 is 0.545 bits per heavy atom. The van der Waals surface area contributed by atoms with E-state index in [0.29, 0.717) is 0 Å². The molecule has 0 spiro atoms. The van der Waals surface area contributed by atoms with Crippen molar-refractivity contribution in [3.63, 3.8) is 0 Å². The van der Waals surface area contributed by atoms with Gasteiger partial charge in [0.25, 0.3) is 0 Å². The molecule has 0 amide bonds. The van der Waals surface area contributed by atoms with E-state index in [1.807, 2.05) is 12.3 Å². The second kappa shape index (κ2) is 16.3. The molecular formula is C59H52N4O2Pt. The Kier molecular flexibility index (Phi) is 10.3. The van der Waals surface area contributed by atoms with Crippen molar-refractivity contribution in [2.24, 2.45) is 0 Å². The van der Waals surface area contributed by atoms with E-state index in [4.69, 9.17) is 14.5 Å². The summed E-state index contributed by atoms with van der Waals surface area (Å²) in [7, 11) is 0. The molecule has 4 heterocycles. The van der Waals surface area contributed by atoms with Crippen molar-refractivity contribution >= 4 is 32.8 Å². The first kappa shape index (κ1) is 41.9. The fourth-order valence-electron chi connectivity index (χ4n) is 9.54. The van der Waals surface area contributed by atoms with E-state index in [1.54, 1.807) is 0 Å². The Morgan fingerprint density at radius 2 is 1.18 bits per heavy atom. The van der Waals surface area contributed by atoms with E-state index < -0.39 is 0 Å². The van der Waals surface area contributed by atoms with Crippen molar-refractivity contribution in [2.45, 2.75) is 65.2 Å². The van der Waals surface area contributed by atoms with Crippen LogP contribution in [0, 0.1) is 3.80 Å². The molecular weight excluding hydrogens is 992 g/mol. The van der Waals surface area contributed by atoms with Crippen LogP contribution in [0.1, 0.15) is 64.7 Å². The molecule has 10 aromatic rings. The van der Waals surface area contributed by atoms with Crippen molar-refractivity contribution in [1.82, 2.24) is 18.7 Å². The second-order valence-electron chi connectivity index (χ2n) is 19.5. The molecule has 0 saturated carbocycles. The maximum absolute atomic E-state index is 6.87. The molecule has 1 aliphatic rings. The molecule has 7 aromatic carbocycles. The zero-order valence-corrected chi connectivity index (χ0v) is 40.5. The Labute approximate surface area is 397 Å². The van der Waals surface area contributed by atoms with Crippen molar-refractivity contribution in [2.75, 3.05) is 6.61 Å². The van der Waals surface area contributed by atoms with Crippen molar-refractivity contribution in [3.05, 3.63) is 190 Å². The minimum absolute atomic E-state index is 0.0363. The molecule has 1 aliphatic heterocycles. The van der Waals surface area contributed by atoms with E-state index in [0.717, 1.165) is 85.1 Å². The molecule has 66 heavy (non-hydrogen) atoms. The predicted octanol–water partition coefficient (Wildman–Crippen LogP) is 15.0. The van der Waals surface area contributed by atoms with Crippen molar-refractivity contribution < 1.29 is 28.8 Å². The average Bonchev–Trinajstić information content (AvgIpc) is 3.80. The van der Waals surface area contributed by atoms with Crippen LogP contribution in [-0.4, -0.2) is 25.3 Å². The van der Waals surface area contributed by atoms with Crippen LogP contribution in [0.5, 0.6) is 17.2 Å². The molecule has 11 rings (SSSR count). The summed E-state index contributed by atoms with van der Waals surface area (Å²) in [4.78, 5) is 4.96. The van der Waals surface area contributed by atoms with Crippen molar-refractivity contribution in [1.29, 1.82) is 0 Å². The molecule has 330 valence electrons. The van der Waals surface area contributed by atoms with E-state index in [9.17, 15) is 0 Å². The van der Waals surface area contributed by atoms with E-state index in [2.05, 4.69) is 232 Å². The van der Waals surface area contributed by atoms with E-state index >= 15 is 0 Å². The summed E-state index contributed by atoms with van der Waals surface area (Å²) in [5, 5.41) is 2.34. The zero-order valence-electron chi connectivity index (χ0n) is 38.2. The molecule has 6 nitrogen and oxygen atoms in total. The number of aromatic nitrogens is 4. The van der Waals surface area contributed by atoms with Gasteiger partial charge in [-0.05, 0) is 35.4 Å². The summed E-state index contributed by atoms with van der Waals surface area (Å²) in [6, 6.07) is 58.9. The Hall–Kier alpha value is -6.75. The number of hydrogen-bond acceptors (Lipinski definition) is 3. The fraction of sp³-hybridized carbons (Fsp3) is 0.186. The van der Waals surface area contributed by atoms with Crippen molar-refractivity contribution in [3.8, 4) is 56.7 Å². The Balaban J connectivity index is 1.06. The van der Waals surface area contributed by atoms with Gasteiger partial charge in [0.05, 0.1) is 6.61 Å². The first-order chi connectivity index (χ1) is 31.9. The molecule has 3 aromatic heterocycles. The van der Waals surface area contributed by atoms with Crippen LogP contribution in [0.25, 0.3) is 72.3 Å². The van der Waals surface area contributed by atoms with Crippen LogP contribution in [0.15, 0.2) is 170 Å². The van der Waals surface area contributed by atoms with Crippen LogP contribution in [0.2, 0.25) is 0 Å². The number of hydrogen-bond donors (Lipinski definition) is 0. The predicted molar refractivity (Wildman–Crippen MR) is 267 cm³/mol. The van der Waals surface area contributed by atoms with Crippen LogP contribution in [0.4, 0.5) is 0 Å². The van der Waals surface area contributed by atoms with Gasteiger partial charge in [-0.15, -0.1) is 0 Å². The number of aryl methyl sites for hydroxylation is 1. The van der Waals surface area contributed by atoms with Gasteiger partial charge < -0.3 is 4.74 Å².